The minimum Gasteiger partial charge on any atom is -0.326 e. The Kier molecular flexibility index (Phi) is 3.11. The second-order valence-electron chi connectivity index (χ2n) is 4.98. The van der Waals surface area contributed by atoms with Crippen LogP contribution >= 0.6 is 0 Å². The summed E-state index contributed by atoms with van der Waals surface area (Å²) in [6.07, 6.45) is 0. The lowest BCUT2D eigenvalue weighted by Crippen LogP contribution is -2.15. The first-order valence-corrected chi connectivity index (χ1v) is 7.86. The number of rotatable bonds is 3. The zero-order valence-electron chi connectivity index (χ0n) is 10.6. The van der Waals surface area contributed by atoms with Gasteiger partial charge in [0.05, 0.1) is 10.1 Å². The minimum absolute atomic E-state index is 0.263. The van der Waals surface area contributed by atoms with Crippen LogP contribution < -0.4 is 5.73 Å². The molecule has 1 aliphatic carbocycles. The molecule has 0 radical (unpaired) electrons. The summed E-state index contributed by atoms with van der Waals surface area (Å²) in [6.45, 7) is 0. The van der Waals surface area contributed by atoms with Crippen molar-refractivity contribution < 1.29 is 12.8 Å². The van der Waals surface area contributed by atoms with E-state index in [1.807, 2.05) is 0 Å². The molecule has 1 aliphatic rings. The van der Waals surface area contributed by atoms with Crippen LogP contribution in [-0.2, 0) is 9.84 Å². The lowest BCUT2D eigenvalue weighted by atomic mass is 10.1. The zero-order valence-corrected chi connectivity index (χ0v) is 11.4. The van der Waals surface area contributed by atoms with Crippen molar-refractivity contribution in [1.29, 1.82) is 0 Å². The average Bonchev–Trinajstić information content (AvgIpc) is 3.12. The maximum absolute atomic E-state index is 13.2. The predicted octanol–water partition coefficient (Wildman–Crippen LogP) is 2.09. The molecule has 0 aromatic heterocycles. The van der Waals surface area contributed by atoms with Gasteiger partial charge in [-0.05, 0) is 29.8 Å². The van der Waals surface area contributed by atoms with E-state index in [1.165, 1.54) is 12.1 Å². The summed E-state index contributed by atoms with van der Waals surface area (Å²) in [5.74, 6) is -0.714. The van der Waals surface area contributed by atoms with Crippen molar-refractivity contribution in [2.75, 3.05) is 0 Å². The van der Waals surface area contributed by atoms with Gasteiger partial charge in [0.2, 0.25) is 0 Å². The molecule has 3 rings (SSSR count). The highest BCUT2D eigenvalue weighted by atomic mass is 32.2. The molecule has 5 heteroatoms. The predicted molar refractivity (Wildman–Crippen MR) is 74.5 cm³/mol. The first kappa shape index (κ1) is 13.3. The quantitative estimate of drug-likeness (QED) is 0.942. The van der Waals surface area contributed by atoms with Crippen molar-refractivity contribution in [3.8, 4) is 0 Å². The molecule has 104 valence electrons. The number of nitrogens with two attached hydrogens (primary N) is 1. The van der Waals surface area contributed by atoms with Crippen molar-refractivity contribution in [2.24, 2.45) is 5.73 Å². The van der Waals surface area contributed by atoms with Crippen LogP contribution in [-0.4, -0.2) is 19.7 Å². The Bertz CT molecular complexity index is 731. The average molecular weight is 291 g/mol. The number of hydrogen-bond acceptors (Lipinski definition) is 3. The molecule has 2 aromatic rings. The van der Waals surface area contributed by atoms with Gasteiger partial charge < -0.3 is 5.73 Å². The Hall–Kier alpha value is -1.72. The van der Waals surface area contributed by atoms with Crippen LogP contribution in [0.15, 0.2) is 59.5 Å². The van der Waals surface area contributed by atoms with Gasteiger partial charge in [0, 0.05) is 12.0 Å². The third-order valence-electron chi connectivity index (χ3n) is 3.67. The van der Waals surface area contributed by atoms with Crippen LogP contribution in [0.1, 0.15) is 11.5 Å². The van der Waals surface area contributed by atoms with Crippen LogP contribution in [0, 0.1) is 5.82 Å². The molecule has 0 unspecified atom stereocenters. The van der Waals surface area contributed by atoms with E-state index >= 15 is 0 Å². The lowest BCUT2D eigenvalue weighted by Gasteiger charge is -2.03. The Morgan fingerprint density at radius 2 is 1.70 bits per heavy atom. The second kappa shape index (κ2) is 4.68. The summed E-state index contributed by atoms with van der Waals surface area (Å²) in [6, 6.07) is 13.7. The van der Waals surface area contributed by atoms with Gasteiger partial charge in [-0.15, -0.1) is 0 Å². The Balaban J connectivity index is 1.94. The number of benzene rings is 2. The summed E-state index contributed by atoms with van der Waals surface area (Å²) >= 11 is 0. The van der Waals surface area contributed by atoms with Crippen LogP contribution in [0.3, 0.4) is 0 Å². The Labute approximate surface area is 117 Å². The van der Waals surface area contributed by atoms with Crippen LogP contribution in [0.25, 0.3) is 0 Å². The summed E-state index contributed by atoms with van der Waals surface area (Å²) in [5, 5.41) is -0.674. The molecule has 3 nitrogen and oxygen atoms in total. The van der Waals surface area contributed by atoms with E-state index in [2.05, 4.69) is 0 Å². The van der Waals surface area contributed by atoms with Crippen LogP contribution in [0.2, 0.25) is 0 Å². The SMILES string of the molecule is N[C@@H]1[C@@H](c2cccc(F)c2)[C@@H]1S(=O)(=O)c1ccccc1. The Morgan fingerprint density at radius 3 is 2.35 bits per heavy atom. The highest BCUT2D eigenvalue weighted by Crippen LogP contribution is 2.47. The molecule has 20 heavy (non-hydrogen) atoms. The van der Waals surface area contributed by atoms with Crippen molar-refractivity contribution in [1.82, 2.24) is 0 Å². The molecule has 0 bridgehead atoms. The van der Waals surface area contributed by atoms with Gasteiger partial charge in [0.25, 0.3) is 0 Å². The van der Waals surface area contributed by atoms with Gasteiger partial charge in [0.15, 0.2) is 9.84 Å². The largest absolute Gasteiger partial charge is 0.326 e. The molecule has 1 saturated carbocycles. The monoisotopic (exact) mass is 291 g/mol. The fourth-order valence-electron chi connectivity index (χ4n) is 2.60. The summed E-state index contributed by atoms with van der Waals surface area (Å²) in [5.41, 5.74) is 6.56. The Morgan fingerprint density at radius 1 is 1.00 bits per heavy atom. The smallest absolute Gasteiger partial charge is 0.183 e. The summed E-state index contributed by atoms with van der Waals surface area (Å²) in [7, 11) is -3.47. The van der Waals surface area contributed by atoms with E-state index in [0.717, 1.165) is 0 Å². The van der Waals surface area contributed by atoms with E-state index in [1.54, 1.807) is 42.5 Å². The topological polar surface area (TPSA) is 60.2 Å². The molecule has 0 amide bonds. The molecular formula is C15H14FNO2S. The van der Waals surface area contributed by atoms with Crippen LogP contribution in [0.4, 0.5) is 4.39 Å². The third kappa shape index (κ3) is 2.13. The third-order valence-corrected chi connectivity index (χ3v) is 5.92. The lowest BCUT2D eigenvalue weighted by molar-refractivity contribution is 0.593. The maximum atomic E-state index is 13.2. The van der Waals surface area contributed by atoms with Crippen LogP contribution in [0.5, 0.6) is 0 Å². The molecule has 1 fully saturated rings. The molecule has 2 N–H and O–H groups in total. The second-order valence-corrected chi connectivity index (χ2v) is 7.09. The van der Waals surface area contributed by atoms with E-state index in [0.29, 0.717) is 5.56 Å². The van der Waals surface area contributed by atoms with Gasteiger partial charge >= 0.3 is 0 Å². The number of halogens is 1. The van der Waals surface area contributed by atoms with E-state index < -0.39 is 21.1 Å². The molecule has 3 atom stereocenters. The van der Waals surface area contributed by atoms with Crippen molar-refractivity contribution in [2.45, 2.75) is 22.1 Å². The highest BCUT2D eigenvalue weighted by Gasteiger charge is 2.57. The van der Waals surface area contributed by atoms with Gasteiger partial charge in [-0.25, -0.2) is 12.8 Å². The molecule has 0 saturated heterocycles. The highest BCUT2D eigenvalue weighted by molar-refractivity contribution is 7.92. The normalized spacial score (nSPS) is 25.4. The zero-order chi connectivity index (χ0) is 14.3. The van der Waals surface area contributed by atoms with Crippen molar-refractivity contribution in [3.63, 3.8) is 0 Å². The van der Waals surface area contributed by atoms with Crippen molar-refractivity contribution in [3.05, 3.63) is 66.0 Å². The fraction of sp³-hybridized carbons (Fsp3) is 0.200. The summed E-state index contributed by atoms with van der Waals surface area (Å²) in [4.78, 5) is 0.263. The number of sulfone groups is 1. The first-order valence-electron chi connectivity index (χ1n) is 6.32. The van der Waals surface area contributed by atoms with Gasteiger partial charge in [-0.2, -0.15) is 0 Å². The van der Waals surface area contributed by atoms with Gasteiger partial charge in [-0.1, -0.05) is 30.3 Å². The van der Waals surface area contributed by atoms with E-state index in [-0.39, 0.29) is 16.6 Å². The maximum Gasteiger partial charge on any atom is 0.183 e. The summed E-state index contributed by atoms with van der Waals surface area (Å²) < 4.78 is 38.2. The first-order chi connectivity index (χ1) is 9.51. The number of hydrogen-bond donors (Lipinski definition) is 1. The fourth-order valence-corrected chi connectivity index (χ4v) is 4.67. The van der Waals surface area contributed by atoms with E-state index in [4.69, 9.17) is 5.73 Å². The molecule has 0 heterocycles. The standard InChI is InChI=1S/C15H14FNO2S/c16-11-6-4-5-10(9-11)13-14(17)15(13)20(18,19)12-7-2-1-3-8-12/h1-9,13-15H,17H2/t13-,14-,15+/m1/s1. The van der Waals surface area contributed by atoms with Gasteiger partial charge in [-0.3, -0.25) is 0 Å². The molecule has 2 aromatic carbocycles. The minimum atomic E-state index is -3.47. The van der Waals surface area contributed by atoms with Gasteiger partial charge in [0.1, 0.15) is 5.82 Å². The van der Waals surface area contributed by atoms with Crippen molar-refractivity contribution >= 4 is 9.84 Å². The molecule has 0 aliphatic heterocycles. The van der Waals surface area contributed by atoms with E-state index in [9.17, 15) is 12.8 Å². The molecular weight excluding hydrogens is 277 g/mol. The molecule has 0 spiro atoms.